The molecular weight excluding hydrogens is 304 g/mol. The first-order valence-electron chi connectivity index (χ1n) is 7.54. The molecule has 0 aliphatic carbocycles. The largest absolute Gasteiger partial charge is 0.378 e. The van der Waals surface area contributed by atoms with Crippen molar-refractivity contribution in [3.63, 3.8) is 0 Å². The van der Waals surface area contributed by atoms with Crippen LogP contribution in [-0.4, -0.2) is 39.1 Å². The molecule has 0 aliphatic heterocycles. The van der Waals surface area contributed by atoms with Crippen LogP contribution < -0.4 is 9.80 Å². The van der Waals surface area contributed by atoms with Crippen LogP contribution >= 0.6 is 0 Å². The molecule has 0 aromatic heterocycles. The molecule has 0 bridgehead atoms. The molecule has 0 saturated heterocycles. The number of rotatable bonds is 6. The van der Waals surface area contributed by atoms with E-state index >= 15 is 0 Å². The number of benzene rings is 1. The van der Waals surface area contributed by atoms with E-state index in [2.05, 4.69) is 6.58 Å². The SMILES string of the molecule is C=C(C)C(=O)c1cc(N(C)C)ccc1N(C)C(=O)/C(C)=C(/C)C=O. The first kappa shape index (κ1) is 19.4. The third-order valence-corrected chi connectivity index (χ3v) is 3.88. The standard InChI is InChI=1S/C19H24N2O3/c1-12(2)18(23)16-10-15(20(5)6)8-9-17(16)21(7)19(24)14(4)13(3)11-22/h8-11H,1H2,2-7H3/b14-13-. The molecule has 0 atom stereocenters. The molecule has 0 spiro atoms. The van der Waals surface area contributed by atoms with E-state index in [0.717, 1.165) is 5.69 Å². The zero-order chi connectivity index (χ0) is 18.6. The summed E-state index contributed by atoms with van der Waals surface area (Å²) in [6.07, 6.45) is 0.649. The Bertz CT molecular complexity index is 730. The Hall–Kier alpha value is -2.69. The zero-order valence-corrected chi connectivity index (χ0v) is 15.1. The lowest BCUT2D eigenvalue weighted by Gasteiger charge is -2.23. The number of hydrogen-bond donors (Lipinski definition) is 0. The number of nitrogens with zero attached hydrogens (tertiary/aromatic N) is 2. The third-order valence-electron chi connectivity index (χ3n) is 3.88. The normalized spacial score (nSPS) is 11.4. The molecule has 0 heterocycles. The Labute approximate surface area is 143 Å². The summed E-state index contributed by atoms with van der Waals surface area (Å²) in [6, 6.07) is 5.30. The second kappa shape index (κ2) is 7.73. The maximum absolute atomic E-state index is 12.6. The molecule has 0 aliphatic rings. The van der Waals surface area contributed by atoms with Gasteiger partial charge in [0.25, 0.3) is 5.91 Å². The average Bonchev–Trinajstić information content (AvgIpc) is 2.57. The molecule has 0 saturated carbocycles. The highest BCUT2D eigenvalue weighted by molar-refractivity contribution is 6.16. The van der Waals surface area contributed by atoms with Crippen LogP contribution in [-0.2, 0) is 9.59 Å². The van der Waals surface area contributed by atoms with Crippen molar-refractivity contribution in [3.8, 4) is 0 Å². The smallest absolute Gasteiger partial charge is 0.254 e. The second-order valence-electron chi connectivity index (χ2n) is 6.00. The van der Waals surface area contributed by atoms with Gasteiger partial charge in [0.1, 0.15) is 6.29 Å². The van der Waals surface area contributed by atoms with Crippen LogP contribution in [0.25, 0.3) is 0 Å². The summed E-state index contributed by atoms with van der Waals surface area (Å²) in [4.78, 5) is 39.2. The molecular formula is C19H24N2O3. The molecule has 1 rings (SSSR count). The average molecular weight is 328 g/mol. The lowest BCUT2D eigenvalue weighted by Crippen LogP contribution is -2.29. The van der Waals surface area contributed by atoms with Crippen LogP contribution in [0.5, 0.6) is 0 Å². The van der Waals surface area contributed by atoms with Crippen molar-refractivity contribution < 1.29 is 14.4 Å². The Balaban J connectivity index is 3.47. The van der Waals surface area contributed by atoms with Gasteiger partial charge >= 0.3 is 0 Å². The summed E-state index contributed by atoms with van der Waals surface area (Å²) in [6.45, 7) is 8.52. The summed E-state index contributed by atoms with van der Waals surface area (Å²) in [5.74, 6) is -0.546. The Kier molecular flexibility index (Phi) is 6.23. The predicted octanol–water partition coefficient (Wildman–Crippen LogP) is 3.01. The minimum Gasteiger partial charge on any atom is -0.378 e. The molecule has 0 unspecified atom stereocenters. The number of anilines is 2. The fourth-order valence-electron chi connectivity index (χ4n) is 2.12. The van der Waals surface area contributed by atoms with Crippen LogP contribution in [0, 0.1) is 0 Å². The highest BCUT2D eigenvalue weighted by Crippen LogP contribution is 2.28. The minimum atomic E-state index is -0.326. The van der Waals surface area contributed by atoms with Crippen molar-refractivity contribution in [2.75, 3.05) is 30.9 Å². The first-order chi connectivity index (χ1) is 11.1. The van der Waals surface area contributed by atoms with Crippen LogP contribution in [0.15, 0.2) is 41.5 Å². The molecule has 0 N–H and O–H groups in total. The van der Waals surface area contributed by atoms with Crippen LogP contribution in [0.4, 0.5) is 11.4 Å². The van der Waals surface area contributed by atoms with Crippen LogP contribution in [0.1, 0.15) is 31.1 Å². The molecule has 128 valence electrons. The summed E-state index contributed by atoms with van der Waals surface area (Å²) < 4.78 is 0. The fourth-order valence-corrected chi connectivity index (χ4v) is 2.12. The number of carbonyl (C=O) groups is 3. The van der Waals surface area contributed by atoms with E-state index in [9.17, 15) is 14.4 Å². The number of likely N-dealkylation sites (N-methyl/N-ethyl adjacent to an activating group) is 1. The summed E-state index contributed by atoms with van der Waals surface area (Å²) in [5.41, 5.74) is 2.84. The molecule has 0 radical (unpaired) electrons. The van der Waals surface area contributed by atoms with E-state index in [0.29, 0.717) is 34.3 Å². The molecule has 1 aromatic carbocycles. The number of carbonyl (C=O) groups excluding carboxylic acids is 3. The Morgan fingerprint density at radius 3 is 2.12 bits per heavy atom. The third kappa shape index (κ3) is 3.98. The quantitative estimate of drug-likeness (QED) is 0.457. The Morgan fingerprint density at radius 2 is 1.67 bits per heavy atom. The fraction of sp³-hybridized carbons (Fsp3) is 0.316. The Morgan fingerprint density at radius 1 is 1.08 bits per heavy atom. The molecule has 24 heavy (non-hydrogen) atoms. The number of ketones is 1. The van der Waals surface area contributed by atoms with Crippen molar-refractivity contribution >= 4 is 29.4 Å². The highest BCUT2D eigenvalue weighted by Gasteiger charge is 2.21. The molecule has 1 amide bonds. The predicted molar refractivity (Wildman–Crippen MR) is 97.8 cm³/mol. The number of allylic oxidation sites excluding steroid dienone is 2. The van der Waals surface area contributed by atoms with E-state index in [1.807, 2.05) is 25.1 Å². The van der Waals surface area contributed by atoms with Gasteiger partial charge in [-0.15, -0.1) is 0 Å². The first-order valence-corrected chi connectivity index (χ1v) is 7.54. The van der Waals surface area contributed by atoms with Gasteiger partial charge in [-0.3, -0.25) is 14.4 Å². The van der Waals surface area contributed by atoms with Gasteiger partial charge in [0.05, 0.1) is 5.69 Å². The summed E-state index contributed by atoms with van der Waals surface area (Å²) >= 11 is 0. The van der Waals surface area contributed by atoms with Gasteiger partial charge in [0.2, 0.25) is 0 Å². The van der Waals surface area contributed by atoms with Crippen molar-refractivity contribution in [1.29, 1.82) is 0 Å². The second-order valence-corrected chi connectivity index (χ2v) is 6.00. The van der Waals surface area contributed by atoms with Crippen LogP contribution in [0.2, 0.25) is 0 Å². The van der Waals surface area contributed by atoms with Crippen molar-refractivity contribution in [1.82, 2.24) is 0 Å². The lowest BCUT2D eigenvalue weighted by atomic mass is 10.0. The molecule has 5 heteroatoms. The number of Topliss-reactive ketones (excluding diaryl/α,β-unsaturated/α-hetero) is 1. The number of aldehydes is 1. The number of hydrogen-bond acceptors (Lipinski definition) is 4. The van der Waals surface area contributed by atoms with Gasteiger partial charge in [-0.2, -0.15) is 0 Å². The van der Waals surface area contributed by atoms with Crippen molar-refractivity contribution in [2.24, 2.45) is 0 Å². The molecule has 1 aromatic rings. The van der Waals surface area contributed by atoms with Gasteiger partial charge in [-0.1, -0.05) is 6.58 Å². The van der Waals surface area contributed by atoms with E-state index in [-0.39, 0.29) is 11.7 Å². The monoisotopic (exact) mass is 328 g/mol. The van der Waals surface area contributed by atoms with Gasteiger partial charge < -0.3 is 9.80 Å². The number of amides is 1. The minimum absolute atomic E-state index is 0.220. The molecule has 0 fully saturated rings. The maximum atomic E-state index is 12.6. The lowest BCUT2D eigenvalue weighted by molar-refractivity contribution is -0.115. The van der Waals surface area contributed by atoms with Crippen LogP contribution in [0.3, 0.4) is 0 Å². The van der Waals surface area contributed by atoms with Gasteiger partial charge in [0, 0.05) is 38.0 Å². The summed E-state index contributed by atoms with van der Waals surface area (Å²) in [5, 5.41) is 0. The van der Waals surface area contributed by atoms with E-state index in [1.54, 1.807) is 40.0 Å². The highest BCUT2D eigenvalue weighted by atomic mass is 16.2. The van der Waals surface area contributed by atoms with E-state index < -0.39 is 0 Å². The van der Waals surface area contributed by atoms with Crippen molar-refractivity contribution in [3.05, 3.63) is 47.1 Å². The van der Waals surface area contributed by atoms with Gasteiger partial charge in [-0.05, 0) is 50.1 Å². The van der Waals surface area contributed by atoms with E-state index in [1.165, 1.54) is 4.90 Å². The topological polar surface area (TPSA) is 57.7 Å². The van der Waals surface area contributed by atoms with E-state index in [4.69, 9.17) is 0 Å². The summed E-state index contributed by atoms with van der Waals surface area (Å²) in [7, 11) is 5.34. The van der Waals surface area contributed by atoms with Gasteiger partial charge in [0.15, 0.2) is 5.78 Å². The zero-order valence-electron chi connectivity index (χ0n) is 15.1. The van der Waals surface area contributed by atoms with Crippen molar-refractivity contribution in [2.45, 2.75) is 20.8 Å². The molecule has 5 nitrogen and oxygen atoms in total. The van der Waals surface area contributed by atoms with Gasteiger partial charge in [-0.25, -0.2) is 0 Å². The maximum Gasteiger partial charge on any atom is 0.254 e.